The minimum absolute atomic E-state index is 0.0275. The van der Waals surface area contributed by atoms with E-state index in [1.54, 1.807) is 16.7 Å². The van der Waals surface area contributed by atoms with Crippen molar-refractivity contribution in [1.29, 1.82) is 0 Å². The Balaban J connectivity index is 0.000000144. The molecular weight excluding hydrogens is 1730 g/mol. The van der Waals surface area contributed by atoms with E-state index in [0.717, 1.165) is 12.8 Å². The highest BCUT2D eigenvalue weighted by atomic mass is 14.5. The average molecular weight is 1900 g/mol. The van der Waals surface area contributed by atoms with Gasteiger partial charge < -0.3 is 0 Å². The van der Waals surface area contributed by atoms with Crippen LogP contribution in [0.25, 0.3) is 111 Å². The minimum atomic E-state index is -0.0275. The largest absolute Gasteiger partial charge is 0.0683 e. The van der Waals surface area contributed by atoms with Gasteiger partial charge in [-0.05, 0) is 481 Å². The van der Waals surface area contributed by atoms with E-state index >= 15 is 0 Å². The first-order chi connectivity index (χ1) is 68.5. The molecule has 0 saturated carbocycles. The zero-order valence-electron chi connectivity index (χ0n) is 95.9. The second-order valence-corrected chi connectivity index (χ2v) is 43.5. The number of fused-ring (bicyclic) bond motifs is 18. The van der Waals surface area contributed by atoms with Crippen LogP contribution in [0, 0.1) is 166 Å². The van der Waals surface area contributed by atoms with Crippen LogP contribution in [0.3, 0.4) is 0 Å². The summed E-state index contributed by atoms with van der Waals surface area (Å²) >= 11 is 0. The van der Waals surface area contributed by atoms with Crippen molar-refractivity contribution >= 4 is 0 Å². The first-order valence-electron chi connectivity index (χ1n) is 54.1. The van der Waals surface area contributed by atoms with Crippen LogP contribution in [0.2, 0.25) is 0 Å². The monoisotopic (exact) mass is 1900 g/mol. The molecular formula is C144H168. The molecule has 22 rings (SSSR count). The molecule has 0 radical (unpaired) electrons. The van der Waals surface area contributed by atoms with Gasteiger partial charge in [0, 0.05) is 21.7 Å². The van der Waals surface area contributed by atoms with Crippen LogP contribution in [0.15, 0.2) is 243 Å². The van der Waals surface area contributed by atoms with Crippen LogP contribution in [0.1, 0.15) is 311 Å². The summed E-state index contributed by atoms with van der Waals surface area (Å²) in [5.74, 6) is 0. The smallest absolute Gasteiger partial charge is 0.0164 e. The third-order valence-corrected chi connectivity index (χ3v) is 33.7. The Morgan fingerprint density at radius 3 is 0.431 bits per heavy atom. The summed E-state index contributed by atoms with van der Waals surface area (Å²) < 4.78 is 0. The predicted octanol–water partition coefficient (Wildman–Crippen LogP) is 41.1. The van der Waals surface area contributed by atoms with Gasteiger partial charge in [0.1, 0.15) is 0 Å². The molecule has 0 N–H and O–H groups in total. The van der Waals surface area contributed by atoms with Crippen molar-refractivity contribution in [3.63, 3.8) is 0 Å². The van der Waals surface area contributed by atoms with E-state index < -0.39 is 0 Å². The summed E-state index contributed by atoms with van der Waals surface area (Å²) in [4.78, 5) is 0. The summed E-state index contributed by atoms with van der Waals surface area (Å²) in [5.41, 5.74) is 80.1. The van der Waals surface area contributed by atoms with E-state index in [-0.39, 0.29) is 21.7 Å². The van der Waals surface area contributed by atoms with Crippen molar-refractivity contribution < 1.29 is 0 Å². The Kier molecular flexibility index (Phi) is 33.1. The summed E-state index contributed by atoms with van der Waals surface area (Å²) in [6.45, 7) is 88.7. The van der Waals surface area contributed by atoms with Gasteiger partial charge >= 0.3 is 0 Å². The van der Waals surface area contributed by atoms with Crippen molar-refractivity contribution in [2.75, 3.05) is 0 Å². The fourth-order valence-electron chi connectivity index (χ4n) is 25.3. The Hall–Kier alpha value is -12.5. The fraction of sp³-hybridized carbons (Fsp3) is 0.333. The first-order valence-corrected chi connectivity index (χ1v) is 54.1. The molecule has 0 aliphatic heterocycles. The van der Waals surface area contributed by atoms with Crippen LogP contribution in [0.4, 0.5) is 0 Å². The molecule has 0 aromatic heterocycles. The number of rotatable bonds is 4. The first kappa shape index (κ1) is 109. The van der Waals surface area contributed by atoms with Crippen LogP contribution in [0.5, 0.6) is 0 Å². The van der Waals surface area contributed by atoms with E-state index in [2.05, 4.69) is 464 Å². The summed E-state index contributed by atoms with van der Waals surface area (Å²) in [7, 11) is 0. The quantitative estimate of drug-likeness (QED) is 0.165. The van der Waals surface area contributed by atoms with Gasteiger partial charge in [0.05, 0.1) is 0 Å². The molecule has 6 aliphatic carbocycles. The molecule has 16 aromatic rings. The molecule has 0 heterocycles. The summed E-state index contributed by atoms with van der Waals surface area (Å²) in [6.07, 6.45) is 4.70. The van der Waals surface area contributed by atoms with E-state index in [0.29, 0.717) is 0 Å². The topological polar surface area (TPSA) is 0 Å². The van der Waals surface area contributed by atoms with Gasteiger partial charge in [-0.25, -0.2) is 0 Å². The lowest BCUT2D eigenvalue weighted by molar-refractivity contribution is 0.649. The molecule has 0 spiro atoms. The maximum atomic E-state index is 2.40. The molecule has 744 valence electrons. The molecule has 0 saturated heterocycles. The van der Waals surface area contributed by atoms with E-state index in [4.69, 9.17) is 0 Å². The second-order valence-electron chi connectivity index (χ2n) is 43.5. The van der Waals surface area contributed by atoms with E-state index in [9.17, 15) is 0 Å². The van der Waals surface area contributed by atoms with Gasteiger partial charge in [0.2, 0.25) is 0 Å². The predicted molar refractivity (Wildman–Crippen MR) is 635 cm³/mol. The highest BCUT2D eigenvalue weighted by Crippen LogP contribution is 2.59. The number of hydrogen-bond acceptors (Lipinski definition) is 0. The third-order valence-electron chi connectivity index (χ3n) is 33.7. The lowest BCUT2D eigenvalue weighted by atomic mass is 9.76. The van der Waals surface area contributed by atoms with Crippen LogP contribution in [-0.2, 0) is 47.3 Å². The van der Waals surface area contributed by atoms with Crippen molar-refractivity contribution in [1.82, 2.24) is 0 Å². The normalized spacial score (nSPS) is 13.4. The number of aryl methyl sites for hydroxylation is 12. The Labute approximate surface area is 872 Å². The molecule has 0 bridgehead atoms. The standard InChI is InChI=1S/C31H30.C25H26.C24H24.2C19H22.C18H20.4C2H6/c1-19-7-11-23(12-8-19)25-15-17-27-28-18-16-26(24-13-9-20(2)10-14-24)22(4)30(28)31(5,6)29(27)21(25)3;1-15-7-10-19(11-8-15)20-13-14-22-21-12-9-16(2)17(3)23(21)25(5,6)24(22)18(20)4;1-15-5-8-19(9-6-15)20-11-14-24-22(18(20)4)13-12-21-17(3)16(2)7-10-23(21)24;2*1-11-7-9-15-16-10-8-12(2)14(4)18(16)19(5,6)17(15)13(11)3;1-11-5-7-17-15(13(11)3)9-10-16-14(4)12(2)6-8-18(16)17;4*1-2/h7-18H,1-6H3;7-14H,1-6H3;5-11,14H,12-13H2,1-4H3;2*7-10H,1-6H3;5-8H,9-10H2,1-4H3;4*1-2H3. The fourth-order valence-corrected chi connectivity index (χ4v) is 25.3. The second kappa shape index (κ2) is 43.8. The molecule has 6 aliphatic rings. The molecule has 0 atom stereocenters. The molecule has 0 heteroatoms. The Bertz CT molecular complexity index is 7100. The van der Waals surface area contributed by atoms with Gasteiger partial charge in [0.15, 0.2) is 0 Å². The zero-order chi connectivity index (χ0) is 105. The highest BCUT2D eigenvalue weighted by molar-refractivity contribution is 5.93. The Morgan fingerprint density at radius 1 is 0.125 bits per heavy atom. The lowest BCUT2D eigenvalue weighted by Crippen LogP contribution is -2.18. The van der Waals surface area contributed by atoms with Gasteiger partial charge in [-0.2, -0.15) is 0 Å². The van der Waals surface area contributed by atoms with Crippen LogP contribution in [-0.4, -0.2) is 0 Å². The Morgan fingerprint density at radius 2 is 0.250 bits per heavy atom. The third kappa shape index (κ3) is 19.7. The van der Waals surface area contributed by atoms with Gasteiger partial charge in [-0.1, -0.05) is 376 Å². The SMILES string of the molecule is CC.CC.CC.CC.Cc1ccc(-c2ccc3c(c2C)C(C)(C)c2c-3ccc(-c3ccc(C)cc3)c2C)cc1.Cc1ccc(-c2ccc3c(c2C)C(C)(C)c2c-3ccc(C)c2C)cc1.Cc1ccc(-c2ccc3c(c2C)CCc2c-3ccc(C)c2C)cc1.Cc1ccc2c(c1C)C(C)(C)c1c-2ccc(C)c1C.Cc1ccc2c(c1C)C(C)(C)c1c-2ccc(C)c1C.Cc1ccc2c(c1C)CCc1c-2ccc(C)c1C. The zero-order valence-corrected chi connectivity index (χ0v) is 95.9. The van der Waals surface area contributed by atoms with Gasteiger partial charge in [-0.3, -0.25) is 0 Å². The summed E-state index contributed by atoms with van der Waals surface area (Å²) in [6, 6.07) is 90.8. The minimum Gasteiger partial charge on any atom is -0.0683 e. The molecule has 0 amide bonds. The number of benzene rings is 16. The molecule has 0 nitrogen and oxygen atoms in total. The molecule has 16 aromatic carbocycles. The van der Waals surface area contributed by atoms with Crippen molar-refractivity contribution in [3.05, 3.63) is 443 Å². The maximum Gasteiger partial charge on any atom is 0.0164 e. The summed E-state index contributed by atoms with van der Waals surface area (Å²) in [5, 5.41) is 0. The highest BCUT2D eigenvalue weighted by Gasteiger charge is 2.44. The van der Waals surface area contributed by atoms with E-state index in [1.165, 1.54) is 308 Å². The van der Waals surface area contributed by atoms with Crippen molar-refractivity contribution in [2.24, 2.45) is 0 Å². The van der Waals surface area contributed by atoms with E-state index in [1.807, 2.05) is 55.4 Å². The van der Waals surface area contributed by atoms with Gasteiger partial charge in [-0.15, -0.1) is 0 Å². The molecule has 0 fully saturated rings. The van der Waals surface area contributed by atoms with Crippen molar-refractivity contribution in [3.8, 4) is 111 Å². The van der Waals surface area contributed by atoms with Crippen LogP contribution >= 0.6 is 0 Å². The lowest BCUT2D eigenvalue weighted by Gasteiger charge is -2.27. The molecule has 144 heavy (non-hydrogen) atoms. The van der Waals surface area contributed by atoms with Crippen molar-refractivity contribution in [2.45, 2.75) is 324 Å². The maximum absolute atomic E-state index is 2.40. The average Bonchev–Trinajstić information content (AvgIpc) is 1.56. The van der Waals surface area contributed by atoms with Gasteiger partial charge in [0.25, 0.3) is 0 Å². The number of hydrogen-bond donors (Lipinski definition) is 0. The van der Waals surface area contributed by atoms with Crippen LogP contribution < -0.4 is 0 Å². The molecule has 0 unspecified atom stereocenters.